The minimum Gasteiger partial charge on any atom is -0.449 e. The standard InChI is InChI=1S/C16H20N4O/c17-14-2-1-13(11-19-14)20-6-3-16(4-7-20)9-12(10-16)15-18-5-8-21-15/h1-2,5,8,11-12H,3-4,6-7,9-10H2,(H2,17,19). The van der Waals surface area contributed by atoms with Gasteiger partial charge < -0.3 is 15.1 Å². The molecule has 5 heteroatoms. The third-order valence-corrected chi connectivity index (χ3v) is 5.12. The van der Waals surface area contributed by atoms with E-state index in [-0.39, 0.29) is 0 Å². The number of hydrogen-bond donors (Lipinski definition) is 1. The average molecular weight is 284 g/mol. The van der Waals surface area contributed by atoms with Gasteiger partial charge in [0.05, 0.1) is 18.1 Å². The van der Waals surface area contributed by atoms with E-state index in [4.69, 9.17) is 10.2 Å². The molecule has 2 aromatic rings. The smallest absolute Gasteiger partial charge is 0.197 e. The summed E-state index contributed by atoms with van der Waals surface area (Å²) in [6.45, 7) is 2.20. The molecule has 0 bridgehead atoms. The largest absolute Gasteiger partial charge is 0.449 e. The summed E-state index contributed by atoms with van der Waals surface area (Å²) in [6.07, 6.45) is 10.2. The number of nitrogens with two attached hydrogens (primary N) is 1. The molecule has 2 fully saturated rings. The van der Waals surface area contributed by atoms with Crippen LogP contribution in [-0.4, -0.2) is 23.1 Å². The normalized spacial score (nSPS) is 21.4. The Bertz CT molecular complexity index is 592. The fourth-order valence-corrected chi connectivity index (χ4v) is 3.83. The van der Waals surface area contributed by atoms with Gasteiger partial charge in [-0.2, -0.15) is 0 Å². The first-order valence-electron chi connectivity index (χ1n) is 7.60. The van der Waals surface area contributed by atoms with Gasteiger partial charge in [0.2, 0.25) is 0 Å². The van der Waals surface area contributed by atoms with Crippen molar-refractivity contribution in [2.45, 2.75) is 31.6 Å². The molecule has 5 nitrogen and oxygen atoms in total. The number of aromatic nitrogens is 2. The molecule has 0 atom stereocenters. The van der Waals surface area contributed by atoms with Crippen molar-refractivity contribution in [1.29, 1.82) is 0 Å². The third kappa shape index (κ3) is 2.26. The molecule has 2 N–H and O–H groups in total. The van der Waals surface area contributed by atoms with E-state index in [9.17, 15) is 0 Å². The molecule has 2 aromatic heterocycles. The van der Waals surface area contributed by atoms with Crippen LogP contribution in [0.2, 0.25) is 0 Å². The highest BCUT2D eigenvalue weighted by Crippen LogP contribution is 2.56. The summed E-state index contributed by atoms with van der Waals surface area (Å²) in [5, 5.41) is 0. The summed E-state index contributed by atoms with van der Waals surface area (Å²) in [7, 11) is 0. The minimum atomic E-state index is 0.511. The van der Waals surface area contributed by atoms with E-state index in [2.05, 4.69) is 20.9 Å². The first-order chi connectivity index (χ1) is 10.2. The number of hydrogen-bond acceptors (Lipinski definition) is 5. The Balaban J connectivity index is 1.36. The molecular weight excluding hydrogens is 264 g/mol. The minimum absolute atomic E-state index is 0.511. The van der Waals surface area contributed by atoms with Crippen LogP contribution in [0.1, 0.15) is 37.5 Å². The van der Waals surface area contributed by atoms with Crippen LogP contribution in [0.25, 0.3) is 0 Å². The Hall–Kier alpha value is -2.04. The van der Waals surface area contributed by atoms with Gasteiger partial charge in [-0.3, -0.25) is 0 Å². The zero-order chi connectivity index (χ0) is 14.3. The predicted molar refractivity (Wildman–Crippen MR) is 81.0 cm³/mol. The number of anilines is 2. The van der Waals surface area contributed by atoms with E-state index in [1.54, 1.807) is 12.5 Å². The van der Waals surface area contributed by atoms with Crippen LogP contribution in [0.3, 0.4) is 0 Å². The van der Waals surface area contributed by atoms with E-state index in [0.717, 1.165) is 19.0 Å². The van der Waals surface area contributed by atoms with Crippen molar-refractivity contribution in [2.24, 2.45) is 5.41 Å². The number of nitrogens with zero attached hydrogens (tertiary/aromatic N) is 3. The van der Waals surface area contributed by atoms with Crippen LogP contribution in [0, 0.1) is 5.41 Å². The zero-order valence-electron chi connectivity index (χ0n) is 12.0. The molecule has 110 valence electrons. The Morgan fingerprint density at radius 2 is 2.00 bits per heavy atom. The van der Waals surface area contributed by atoms with Gasteiger partial charge in [-0.15, -0.1) is 0 Å². The van der Waals surface area contributed by atoms with E-state index >= 15 is 0 Å². The van der Waals surface area contributed by atoms with Gasteiger partial charge in [-0.25, -0.2) is 9.97 Å². The molecule has 3 heterocycles. The predicted octanol–water partition coefficient (Wildman–Crippen LogP) is 2.82. The molecule has 1 aliphatic heterocycles. The molecule has 1 saturated heterocycles. The van der Waals surface area contributed by atoms with Crippen molar-refractivity contribution in [3.63, 3.8) is 0 Å². The summed E-state index contributed by atoms with van der Waals surface area (Å²) < 4.78 is 5.43. The van der Waals surface area contributed by atoms with E-state index in [1.165, 1.54) is 31.4 Å². The van der Waals surface area contributed by atoms with Crippen LogP contribution in [-0.2, 0) is 0 Å². The van der Waals surface area contributed by atoms with Crippen LogP contribution < -0.4 is 10.6 Å². The number of rotatable bonds is 2. The van der Waals surface area contributed by atoms with Crippen LogP contribution in [0.5, 0.6) is 0 Å². The summed E-state index contributed by atoms with van der Waals surface area (Å²) in [6, 6.07) is 3.94. The molecule has 0 unspecified atom stereocenters. The first kappa shape index (κ1) is 12.7. The second kappa shape index (κ2) is 4.76. The van der Waals surface area contributed by atoms with E-state index in [1.807, 2.05) is 12.3 Å². The molecule has 0 aromatic carbocycles. The molecule has 1 spiro atoms. The van der Waals surface area contributed by atoms with Crippen molar-refractivity contribution in [2.75, 3.05) is 23.7 Å². The maximum absolute atomic E-state index is 5.65. The van der Waals surface area contributed by atoms with Gasteiger partial charge in [0, 0.05) is 19.0 Å². The van der Waals surface area contributed by atoms with Crippen LogP contribution in [0.4, 0.5) is 11.5 Å². The molecule has 1 aliphatic carbocycles. The quantitative estimate of drug-likeness (QED) is 0.918. The lowest BCUT2D eigenvalue weighted by molar-refractivity contribution is 0.0559. The molecule has 0 radical (unpaired) electrons. The van der Waals surface area contributed by atoms with Gasteiger partial charge >= 0.3 is 0 Å². The van der Waals surface area contributed by atoms with Crippen molar-refractivity contribution < 1.29 is 4.42 Å². The molecule has 0 amide bonds. The lowest BCUT2D eigenvalue weighted by Gasteiger charge is -2.51. The monoisotopic (exact) mass is 284 g/mol. The highest BCUT2D eigenvalue weighted by atomic mass is 16.3. The SMILES string of the molecule is Nc1ccc(N2CCC3(CC2)CC(c2ncco2)C3)cn1. The highest BCUT2D eigenvalue weighted by molar-refractivity contribution is 5.48. The highest BCUT2D eigenvalue weighted by Gasteiger charge is 2.47. The summed E-state index contributed by atoms with van der Waals surface area (Å²) >= 11 is 0. The zero-order valence-corrected chi connectivity index (χ0v) is 12.0. The number of oxazole rings is 1. The first-order valence-corrected chi connectivity index (χ1v) is 7.60. The van der Waals surface area contributed by atoms with Crippen molar-refractivity contribution in [3.05, 3.63) is 36.7 Å². The van der Waals surface area contributed by atoms with E-state index in [0.29, 0.717) is 17.2 Å². The summed E-state index contributed by atoms with van der Waals surface area (Å²) in [5.41, 5.74) is 7.34. The number of piperidine rings is 1. The van der Waals surface area contributed by atoms with Gasteiger partial charge in [-0.05, 0) is 43.2 Å². The van der Waals surface area contributed by atoms with Gasteiger partial charge in [0.1, 0.15) is 12.1 Å². The number of pyridine rings is 1. The Labute approximate surface area is 124 Å². The van der Waals surface area contributed by atoms with Gasteiger partial charge in [0.25, 0.3) is 0 Å². The molecular formula is C16H20N4O. The summed E-state index contributed by atoms with van der Waals surface area (Å²) in [4.78, 5) is 10.9. The Kier molecular flexibility index (Phi) is 2.87. The Morgan fingerprint density at radius 3 is 2.62 bits per heavy atom. The average Bonchev–Trinajstić information content (AvgIpc) is 3.00. The maximum Gasteiger partial charge on any atom is 0.197 e. The molecule has 1 saturated carbocycles. The topological polar surface area (TPSA) is 68.2 Å². The van der Waals surface area contributed by atoms with Crippen molar-refractivity contribution in [3.8, 4) is 0 Å². The second-order valence-electron chi connectivity index (χ2n) is 6.40. The van der Waals surface area contributed by atoms with Crippen LogP contribution in [0.15, 0.2) is 35.2 Å². The van der Waals surface area contributed by atoms with Gasteiger partial charge in [-0.1, -0.05) is 0 Å². The molecule has 21 heavy (non-hydrogen) atoms. The van der Waals surface area contributed by atoms with Crippen LogP contribution >= 0.6 is 0 Å². The Morgan fingerprint density at radius 1 is 1.19 bits per heavy atom. The third-order valence-electron chi connectivity index (χ3n) is 5.12. The van der Waals surface area contributed by atoms with E-state index < -0.39 is 0 Å². The lowest BCUT2D eigenvalue weighted by atomic mass is 9.57. The van der Waals surface area contributed by atoms with Crippen molar-refractivity contribution in [1.82, 2.24) is 9.97 Å². The fraction of sp³-hybridized carbons (Fsp3) is 0.500. The fourth-order valence-electron chi connectivity index (χ4n) is 3.83. The maximum atomic E-state index is 5.65. The molecule has 4 rings (SSSR count). The second-order valence-corrected chi connectivity index (χ2v) is 6.40. The lowest BCUT2D eigenvalue weighted by Crippen LogP contribution is -2.46. The van der Waals surface area contributed by atoms with Gasteiger partial charge in [0.15, 0.2) is 5.89 Å². The number of nitrogen functional groups attached to an aromatic ring is 1. The molecule has 2 aliphatic rings. The summed E-state index contributed by atoms with van der Waals surface area (Å²) in [5.74, 6) is 2.04. The van der Waals surface area contributed by atoms with Crippen molar-refractivity contribution >= 4 is 11.5 Å².